The van der Waals surface area contributed by atoms with Gasteiger partial charge in [0.25, 0.3) is 0 Å². The van der Waals surface area contributed by atoms with Gasteiger partial charge < -0.3 is 10.2 Å². The van der Waals surface area contributed by atoms with E-state index in [0.29, 0.717) is 6.04 Å². The monoisotopic (exact) mass is 280 g/mol. The van der Waals surface area contributed by atoms with Gasteiger partial charge in [-0.25, -0.2) is 0 Å². The fourth-order valence-electron chi connectivity index (χ4n) is 2.61. The lowest BCUT2D eigenvalue weighted by atomic mass is 10.1. The number of anilines is 1. The van der Waals surface area contributed by atoms with E-state index < -0.39 is 0 Å². The maximum atomic E-state index is 6.19. The first kappa shape index (κ1) is 14.7. The largest absolute Gasteiger partial charge is 0.371 e. The van der Waals surface area contributed by atoms with Crippen LogP contribution in [-0.2, 0) is 6.54 Å². The smallest absolute Gasteiger partial charge is 0.0426 e. The van der Waals surface area contributed by atoms with Crippen LogP contribution in [-0.4, -0.2) is 19.1 Å². The third-order valence-corrected chi connectivity index (χ3v) is 3.93. The highest BCUT2D eigenvalue weighted by atomic mass is 35.5. The van der Waals surface area contributed by atoms with Gasteiger partial charge in [0.05, 0.1) is 0 Å². The molecule has 0 aliphatic carbocycles. The average molecular weight is 281 g/mol. The minimum atomic E-state index is 0.507. The van der Waals surface area contributed by atoms with Crippen molar-refractivity contribution in [2.45, 2.75) is 52.1 Å². The van der Waals surface area contributed by atoms with E-state index in [1.54, 1.807) is 0 Å². The van der Waals surface area contributed by atoms with Crippen molar-refractivity contribution >= 4 is 17.3 Å². The Morgan fingerprint density at radius 1 is 1.16 bits per heavy atom. The molecular weight excluding hydrogens is 256 g/mol. The summed E-state index contributed by atoms with van der Waals surface area (Å²) in [4.78, 5) is 2.51. The fourth-order valence-corrected chi connectivity index (χ4v) is 2.77. The van der Waals surface area contributed by atoms with Crippen molar-refractivity contribution in [3.05, 3.63) is 28.8 Å². The quantitative estimate of drug-likeness (QED) is 0.888. The molecule has 0 saturated carbocycles. The summed E-state index contributed by atoms with van der Waals surface area (Å²) in [6.07, 6.45) is 5.31. The molecule has 1 fully saturated rings. The second-order valence-electron chi connectivity index (χ2n) is 5.71. The molecule has 2 nitrogen and oxygen atoms in total. The molecule has 0 amide bonds. The van der Waals surface area contributed by atoms with Crippen molar-refractivity contribution in [2.24, 2.45) is 0 Å². The van der Waals surface area contributed by atoms with Crippen LogP contribution in [0.4, 0.5) is 5.69 Å². The first-order chi connectivity index (χ1) is 9.16. The van der Waals surface area contributed by atoms with Crippen LogP contribution in [0.3, 0.4) is 0 Å². The lowest BCUT2D eigenvalue weighted by molar-refractivity contribution is 0.587. The van der Waals surface area contributed by atoms with Gasteiger partial charge in [-0.05, 0) is 30.5 Å². The van der Waals surface area contributed by atoms with E-state index in [0.717, 1.165) is 24.7 Å². The van der Waals surface area contributed by atoms with Gasteiger partial charge in [-0.3, -0.25) is 0 Å². The van der Waals surface area contributed by atoms with E-state index >= 15 is 0 Å². The highest BCUT2D eigenvalue weighted by molar-refractivity contribution is 6.30. The van der Waals surface area contributed by atoms with E-state index in [9.17, 15) is 0 Å². The number of nitrogens with zero attached hydrogens (tertiary/aromatic N) is 1. The predicted molar refractivity (Wildman–Crippen MR) is 84.1 cm³/mol. The molecule has 0 spiro atoms. The number of nitrogens with one attached hydrogen (secondary N) is 1. The number of hydrogen-bond acceptors (Lipinski definition) is 2. The van der Waals surface area contributed by atoms with Crippen LogP contribution in [0.2, 0.25) is 5.02 Å². The third kappa shape index (κ3) is 4.39. The number of halogens is 1. The Labute approximate surface area is 122 Å². The van der Waals surface area contributed by atoms with E-state index in [1.165, 1.54) is 36.9 Å². The Balaban J connectivity index is 2.17. The van der Waals surface area contributed by atoms with Crippen LogP contribution in [0.1, 0.15) is 45.1 Å². The van der Waals surface area contributed by atoms with Crippen molar-refractivity contribution in [2.75, 3.05) is 18.0 Å². The van der Waals surface area contributed by atoms with Gasteiger partial charge in [-0.15, -0.1) is 0 Å². The molecule has 1 aliphatic heterocycles. The van der Waals surface area contributed by atoms with Gasteiger partial charge in [-0.2, -0.15) is 0 Å². The topological polar surface area (TPSA) is 15.3 Å². The van der Waals surface area contributed by atoms with Crippen LogP contribution in [0.15, 0.2) is 18.2 Å². The minimum absolute atomic E-state index is 0.507. The van der Waals surface area contributed by atoms with Gasteiger partial charge in [0.2, 0.25) is 0 Å². The molecule has 1 aromatic carbocycles. The summed E-state index contributed by atoms with van der Waals surface area (Å²) in [7, 11) is 0. The zero-order chi connectivity index (χ0) is 13.7. The molecule has 1 heterocycles. The second-order valence-corrected chi connectivity index (χ2v) is 6.15. The van der Waals surface area contributed by atoms with Gasteiger partial charge >= 0.3 is 0 Å². The Bertz CT molecular complexity index is 396. The van der Waals surface area contributed by atoms with Crippen molar-refractivity contribution in [1.29, 1.82) is 0 Å². The van der Waals surface area contributed by atoms with Crippen molar-refractivity contribution < 1.29 is 0 Å². The molecule has 1 aliphatic rings. The van der Waals surface area contributed by atoms with Gasteiger partial charge in [0, 0.05) is 36.4 Å². The molecule has 1 saturated heterocycles. The Morgan fingerprint density at radius 2 is 1.84 bits per heavy atom. The molecule has 0 aromatic heterocycles. The first-order valence-electron chi connectivity index (χ1n) is 7.43. The van der Waals surface area contributed by atoms with Gasteiger partial charge in [0.15, 0.2) is 0 Å². The van der Waals surface area contributed by atoms with Crippen molar-refractivity contribution in [3.63, 3.8) is 0 Å². The summed E-state index contributed by atoms with van der Waals surface area (Å²) < 4.78 is 0. The van der Waals surface area contributed by atoms with E-state index in [-0.39, 0.29) is 0 Å². The third-order valence-electron chi connectivity index (χ3n) is 3.69. The van der Waals surface area contributed by atoms with Crippen LogP contribution < -0.4 is 10.2 Å². The summed E-state index contributed by atoms with van der Waals surface area (Å²) in [6, 6.07) is 6.80. The molecule has 0 bridgehead atoms. The average Bonchev–Trinajstić information content (AvgIpc) is 2.65. The number of hydrogen-bond donors (Lipinski definition) is 1. The standard InChI is InChI=1S/C16H25ClN2/c1-13(2)18-12-14-7-8-15(17)11-16(14)19-9-5-3-4-6-10-19/h7-8,11,13,18H,3-6,9-10,12H2,1-2H3. The fraction of sp³-hybridized carbons (Fsp3) is 0.625. The maximum absolute atomic E-state index is 6.19. The number of benzene rings is 1. The summed E-state index contributed by atoms with van der Waals surface area (Å²) in [5, 5.41) is 4.35. The molecule has 0 atom stereocenters. The van der Waals surface area contributed by atoms with E-state index in [1.807, 2.05) is 6.07 Å². The van der Waals surface area contributed by atoms with Crippen LogP contribution in [0.25, 0.3) is 0 Å². The molecule has 1 aromatic rings. The molecule has 0 unspecified atom stereocenters. The molecule has 1 N–H and O–H groups in total. The summed E-state index contributed by atoms with van der Waals surface area (Å²) in [5.41, 5.74) is 2.68. The van der Waals surface area contributed by atoms with Crippen molar-refractivity contribution in [3.8, 4) is 0 Å². The molecular formula is C16H25ClN2. The molecule has 3 heteroatoms. The summed E-state index contributed by atoms with van der Waals surface area (Å²) >= 11 is 6.19. The highest BCUT2D eigenvalue weighted by Gasteiger charge is 2.14. The van der Waals surface area contributed by atoms with E-state index in [4.69, 9.17) is 11.6 Å². The Morgan fingerprint density at radius 3 is 2.47 bits per heavy atom. The Kier molecular flexibility index (Phi) is 5.53. The van der Waals surface area contributed by atoms with Crippen LogP contribution in [0, 0.1) is 0 Å². The number of rotatable bonds is 4. The zero-order valence-corrected chi connectivity index (χ0v) is 12.8. The molecule has 0 radical (unpaired) electrons. The van der Waals surface area contributed by atoms with Gasteiger partial charge in [-0.1, -0.05) is 44.4 Å². The lowest BCUT2D eigenvalue weighted by Crippen LogP contribution is -2.27. The van der Waals surface area contributed by atoms with Crippen LogP contribution in [0.5, 0.6) is 0 Å². The van der Waals surface area contributed by atoms with Gasteiger partial charge in [0.1, 0.15) is 0 Å². The maximum Gasteiger partial charge on any atom is 0.0426 e. The summed E-state index contributed by atoms with van der Waals surface area (Å²) in [5.74, 6) is 0. The SMILES string of the molecule is CC(C)NCc1ccc(Cl)cc1N1CCCCCC1. The molecule has 2 rings (SSSR count). The van der Waals surface area contributed by atoms with E-state index in [2.05, 4.69) is 36.2 Å². The molecule has 106 valence electrons. The normalized spacial score (nSPS) is 16.7. The van der Waals surface area contributed by atoms with Crippen molar-refractivity contribution in [1.82, 2.24) is 5.32 Å². The minimum Gasteiger partial charge on any atom is -0.371 e. The summed E-state index contributed by atoms with van der Waals surface area (Å²) in [6.45, 7) is 7.60. The highest BCUT2D eigenvalue weighted by Crippen LogP contribution is 2.27. The molecule has 19 heavy (non-hydrogen) atoms. The first-order valence-corrected chi connectivity index (χ1v) is 7.81. The Hall–Kier alpha value is -0.730. The predicted octanol–water partition coefficient (Wildman–Crippen LogP) is 4.22. The lowest BCUT2D eigenvalue weighted by Gasteiger charge is -2.26. The zero-order valence-electron chi connectivity index (χ0n) is 12.1. The second kappa shape index (κ2) is 7.16. The van der Waals surface area contributed by atoms with Crippen LogP contribution >= 0.6 is 11.6 Å².